The lowest BCUT2D eigenvalue weighted by atomic mass is 9.90. The van der Waals surface area contributed by atoms with Gasteiger partial charge < -0.3 is 5.32 Å². The van der Waals surface area contributed by atoms with Crippen molar-refractivity contribution in [2.75, 3.05) is 11.4 Å². The number of benzene rings is 3. The fourth-order valence-electron chi connectivity index (χ4n) is 4.05. The maximum absolute atomic E-state index is 13.8. The molecule has 0 bridgehead atoms. The number of nitrogens with zero attached hydrogens (tertiary/aromatic N) is 1. The minimum absolute atomic E-state index is 0.0213. The van der Waals surface area contributed by atoms with E-state index in [1.165, 1.54) is 37.3 Å². The van der Waals surface area contributed by atoms with E-state index in [9.17, 15) is 31.1 Å². The van der Waals surface area contributed by atoms with E-state index in [0.717, 1.165) is 23.1 Å². The number of rotatable bonds is 3. The SMILES string of the molecule is CC1=C(c2ccccc2-c2ccc(Cl)cc2C(F)(F)F)CNC(=O)N1c1cccc(C(F)(F)F)c1. The van der Waals surface area contributed by atoms with E-state index in [2.05, 4.69) is 5.32 Å². The Morgan fingerprint density at radius 1 is 0.829 bits per heavy atom. The average molecular weight is 511 g/mol. The maximum Gasteiger partial charge on any atom is 0.417 e. The average Bonchev–Trinajstić information content (AvgIpc) is 2.78. The summed E-state index contributed by atoms with van der Waals surface area (Å²) in [5.74, 6) is 0. The molecule has 3 aromatic carbocycles. The van der Waals surface area contributed by atoms with Crippen LogP contribution in [0.3, 0.4) is 0 Å². The summed E-state index contributed by atoms with van der Waals surface area (Å²) in [6.07, 6.45) is -9.29. The van der Waals surface area contributed by atoms with Gasteiger partial charge in [-0.1, -0.05) is 48.0 Å². The molecule has 1 N–H and O–H groups in total. The van der Waals surface area contributed by atoms with E-state index in [1.54, 1.807) is 18.2 Å². The van der Waals surface area contributed by atoms with Gasteiger partial charge in [0.15, 0.2) is 0 Å². The summed E-state index contributed by atoms with van der Waals surface area (Å²) < 4.78 is 81.1. The number of alkyl halides is 6. The highest BCUT2D eigenvalue weighted by atomic mass is 35.5. The lowest BCUT2D eigenvalue weighted by Crippen LogP contribution is -2.44. The fraction of sp³-hybridized carbons (Fsp3) is 0.160. The van der Waals surface area contributed by atoms with Crippen LogP contribution in [0.15, 0.2) is 72.4 Å². The second-order valence-corrected chi connectivity index (χ2v) is 8.28. The molecule has 182 valence electrons. The molecule has 0 saturated carbocycles. The Balaban J connectivity index is 1.89. The van der Waals surface area contributed by atoms with Crippen LogP contribution in [0.25, 0.3) is 16.7 Å². The minimum atomic E-state index is -4.68. The van der Waals surface area contributed by atoms with Crippen LogP contribution in [0.5, 0.6) is 0 Å². The topological polar surface area (TPSA) is 32.3 Å². The van der Waals surface area contributed by atoms with Crippen molar-refractivity contribution in [1.82, 2.24) is 5.32 Å². The second-order valence-electron chi connectivity index (χ2n) is 7.84. The Hall–Kier alpha value is -3.46. The molecule has 0 aliphatic carbocycles. The van der Waals surface area contributed by atoms with Gasteiger partial charge in [-0.05, 0) is 59.5 Å². The first kappa shape index (κ1) is 24.7. The lowest BCUT2D eigenvalue weighted by Gasteiger charge is -2.32. The molecule has 0 saturated heterocycles. The number of urea groups is 1. The van der Waals surface area contributed by atoms with E-state index < -0.39 is 29.5 Å². The number of nitrogens with one attached hydrogen (secondary N) is 1. The molecule has 0 aromatic heterocycles. The monoisotopic (exact) mass is 510 g/mol. The van der Waals surface area contributed by atoms with Crippen LogP contribution in [0.1, 0.15) is 23.6 Å². The fourth-order valence-corrected chi connectivity index (χ4v) is 4.22. The molecule has 4 rings (SSSR count). The summed E-state index contributed by atoms with van der Waals surface area (Å²) in [4.78, 5) is 13.7. The highest BCUT2D eigenvalue weighted by Crippen LogP contribution is 2.42. The smallest absolute Gasteiger partial charge is 0.333 e. The van der Waals surface area contributed by atoms with Gasteiger partial charge in [0.05, 0.1) is 16.8 Å². The summed E-state index contributed by atoms with van der Waals surface area (Å²) in [5, 5.41) is 2.53. The zero-order chi connectivity index (χ0) is 25.5. The van der Waals surface area contributed by atoms with Crippen molar-refractivity contribution in [3.05, 3.63) is 94.1 Å². The minimum Gasteiger partial charge on any atom is -0.333 e. The highest BCUT2D eigenvalue weighted by molar-refractivity contribution is 6.30. The molecule has 10 heteroatoms. The van der Waals surface area contributed by atoms with Gasteiger partial charge in [0.25, 0.3) is 0 Å². The molecule has 3 nitrogen and oxygen atoms in total. The summed E-state index contributed by atoms with van der Waals surface area (Å²) in [6, 6.07) is 13.4. The largest absolute Gasteiger partial charge is 0.417 e. The third kappa shape index (κ3) is 4.86. The normalized spacial score (nSPS) is 14.9. The zero-order valence-corrected chi connectivity index (χ0v) is 18.8. The predicted molar refractivity (Wildman–Crippen MR) is 122 cm³/mol. The van der Waals surface area contributed by atoms with E-state index in [-0.39, 0.29) is 28.4 Å². The van der Waals surface area contributed by atoms with Crippen LogP contribution in [0.2, 0.25) is 5.02 Å². The standard InChI is InChI=1S/C25H17ClF6N2O/c1-14-21(13-33-23(35)34(14)17-6-4-5-15(11-17)24(27,28)29)19-8-3-2-7-18(19)20-10-9-16(26)12-22(20)25(30,31)32/h2-12H,13H2,1H3,(H,33,35). The number of anilines is 1. The molecule has 2 amide bonds. The van der Waals surface area contributed by atoms with E-state index in [4.69, 9.17) is 11.6 Å². The molecule has 1 aliphatic rings. The van der Waals surface area contributed by atoms with Crippen LogP contribution >= 0.6 is 11.6 Å². The Kier molecular flexibility index (Phi) is 6.31. The van der Waals surface area contributed by atoms with Crippen molar-refractivity contribution in [3.63, 3.8) is 0 Å². The third-order valence-electron chi connectivity index (χ3n) is 5.65. The van der Waals surface area contributed by atoms with Gasteiger partial charge in [0.2, 0.25) is 0 Å². The van der Waals surface area contributed by atoms with Gasteiger partial charge in [0.1, 0.15) is 0 Å². The molecular formula is C25H17ClF6N2O. The molecule has 3 aromatic rings. The Labute approximate surface area is 201 Å². The summed E-state index contributed by atoms with van der Waals surface area (Å²) >= 11 is 5.83. The number of halogens is 7. The van der Waals surface area contributed by atoms with Gasteiger partial charge in [-0.15, -0.1) is 0 Å². The molecule has 0 fully saturated rings. The van der Waals surface area contributed by atoms with Crippen molar-refractivity contribution in [2.24, 2.45) is 0 Å². The molecule has 0 unspecified atom stereocenters. The maximum atomic E-state index is 13.8. The van der Waals surface area contributed by atoms with Crippen LogP contribution < -0.4 is 10.2 Å². The molecule has 0 spiro atoms. The van der Waals surface area contributed by atoms with Crippen molar-refractivity contribution in [3.8, 4) is 11.1 Å². The number of allylic oxidation sites excluding steroid dienone is 1. The van der Waals surface area contributed by atoms with Gasteiger partial charge in [0, 0.05) is 17.3 Å². The number of amides is 2. The quantitative estimate of drug-likeness (QED) is 0.356. The third-order valence-corrected chi connectivity index (χ3v) is 5.89. The number of hydrogen-bond acceptors (Lipinski definition) is 1. The zero-order valence-electron chi connectivity index (χ0n) is 18.1. The van der Waals surface area contributed by atoms with Crippen molar-refractivity contribution in [2.45, 2.75) is 19.3 Å². The summed E-state index contributed by atoms with van der Waals surface area (Å²) in [7, 11) is 0. The molecule has 0 atom stereocenters. The first-order chi connectivity index (χ1) is 16.4. The van der Waals surface area contributed by atoms with Crippen LogP contribution in [0.4, 0.5) is 36.8 Å². The van der Waals surface area contributed by atoms with Gasteiger partial charge in [-0.25, -0.2) is 4.79 Å². The summed E-state index contributed by atoms with van der Waals surface area (Å²) in [6.45, 7) is 1.52. The number of hydrogen-bond donors (Lipinski definition) is 1. The van der Waals surface area contributed by atoms with Crippen molar-refractivity contribution >= 4 is 28.9 Å². The molecule has 0 radical (unpaired) electrons. The van der Waals surface area contributed by atoms with Crippen LogP contribution in [0, 0.1) is 0 Å². The first-order valence-corrected chi connectivity index (χ1v) is 10.7. The van der Waals surface area contributed by atoms with E-state index >= 15 is 0 Å². The second kappa shape index (κ2) is 8.96. The Morgan fingerprint density at radius 2 is 1.51 bits per heavy atom. The van der Waals surface area contributed by atoms with Crippen molar-refractivity contribution in [1.29, 1.82) is 0 Å². The van der Waals surface area contributed by atoms with Gasteiger partial charge in [-0.2, -0.15) is 26.3 Å². The Morgan fingerprint density at radius 3 is 2.17 bits per heavy atom. The number of carbonyl (C=O) groups is 1. The lowest BCUT2D eigenvalue weighted by molar-refractivity contribution is -0.138. The first-order valence-electron chi connectivity index (χ1n) is 10.3. The van der Waals surface area contributed by atoms with Crippen LogP contribution in [-0.2, 0) is 12.4 Å². The van der Waals surface area contributed by atoms with Gasteiger partial charge >= 0.3 is 18.4 Å². The molecule has 35 heavy (non-hydrogen) atoms. The molecule has 1 aliphatic heterocycles. The molecule has 1 heterocycles. The van der Waals surface area contributed by atoms with Gasteiger partial charge in [-0.3, -0.25) is 4.90 Å². The molecular weight excluding hydrogens is 494 g/mol. The van der Waals surface area contributed by atoms with Crippen LogP contribution in [-0.4, -0.2) is 12.6 Å². The number of carbonyl (C=O) groups excluding carboxylic acids is 1. The Bertz CT molecular complexity index is 1330. The predicted octanol–water partition coefficient (Wildman–Crippen LogP) is 8.01. The highest BCUT2D eigenvalue weighted by Gasteiger charge is 2.36. The summed E-state index contributed by atoms with van der Waals surface area (Å²) in [5.41, 5.74) is -0.596. The van der Waals surface area contributed by atoms with Crippen molar-refractivity contribution < 1.29 is 31.1 Å². The van der Waals surface area contributed by atoms with E-state index in [0.29, 0.717) is 16.8 Å². The van der Waals surface area contributed by atoms with E-state index in [1.807, 2.05) is 0 Å².